The molecule has 2 rings (SSSR count). The third-order valence-corrected chi connectivity index (χ3v) is 3.21. The number of nitrogens with zero attached hydrogens (tertiary/aromatic N) is 3. The van der Waals surface area contributed by atoms with Crippen LogP contribution >= 0.6 is 11.3 Å². The molecule has 0 radical (unpaired) electrons. The van der Waals surface area contributed by atoms with Gasteiger partial charge in [-0.3, -0.25) is 0 Å². The Bertz CT molecular complexity index is 596. The second-order valence-corrected chi connectivity index (χ2v) is 5.09. The van der Waals surface area contributed by atoms with Gasteiger partial charge in [0.1, 0.15) is 5.82 Å². The van der Waals surface area contributed by atoms with E-state index < -0.39 is 17.8 Å². The molecule has 0 atom stereocenters. The summed E-state index contributed by atoms with van der Waals surface area (Å²) in [6.07, 6.45) is -3.95. The lowest BCUT2D eigenvalue weighted by Crippen LogP contribution is -2.14. The Morgan fingerprint density at radius 3 is 2.65 bits per heavy atom. The normalized spacial score (nSPS) is 11.6. The van der Waals surface area contributed by atoms with Gasteiger partial charge in [0, 0.05) is 24.4 Å². The molecule has 0 unspecified atom stereocenters. The zero-order valence-electron chi connectivity index (χ0n) is 10.5. The molecule has 5 nitrogen and oxygen atoms in total. The second kappa shape index (κ2) is 5.61. The van der Waals surface area contributed by atoms with Crippen LogP contribution in [-0.4, -0.2) is 21.5 Å². The average Bonchev–Trinajstić information content (AvgIpc) is 2.73. The van der Waals surface area contributed by atoms with Crippen LogP contribution in [0.4, 0.5) is 24.9 Å². The first-order chi connectivity index (χ1) is 9.34. The number of nitrogens with one attached hydrogen (secondary N) is 1. The predicted molar refractivity (Wildman–Crippen MR) is 70.5 cm³/mol. The Morgan fingerprint density at radius 2 is 2.05 bits per heavy atom. The summed E-state index contributed by atoms with van der Waals surface area (Å²) in [6.45, 7) is 2.30. The zero-order valence-corrected chi connectivity index (χ0v) is 11.3. The SMILES string of the molecule is Cc1nc(CCNc2cc(C(F)(F)F)nc(N)n2)cs1. The van der Waals surface area contributed by atoms with E-state index in [2.05, 4.69) is 20.3 Å². The van der Waals surface area contributed by atoms with Crippen molar-refractivity contribution in [1.82, 2.24) is 15.0 Å². The first-order valence-corrected chi connectivity index (χ1v) is 6.59. The van der Waals surface area contributed by atoms with Crippen LogP contribution in [0.25, 0.3) is 0 Å². The molecule has 0 bridgehead atoms. The molecule has 2 aromatic heterocycles. The Hall–Kier alpha value is -1.90. The number of thiazole rings is 1. The maximum absolute atomic E-state index is 12.6. The van der Waals surface area contributed by atoms with E-state index in [0.717, 1.165) is 16.8 Å². The standard InChI is InChI=1S/C11H12F3N5S/c1-6-17-7(5-20-6)2-3-16-9-4-8(11(12,13)14)18-10(15)19-9/h4-5H,2-3H2,1H3,(H3,15,16,18,19). The minimum Gasteiger partial charge on any atom is -0.370 e. The molecule has 9 heteroatoms. The lowest BCUT2D eigenvalue weighted by Gasteiger charge is -2.09. The van der Waals surface area contributed by atoms with Crippen molar-refractivity contribution in [3.05, 3.63) is 27.8 Å². The van der Waals surface area contributed by atoms with Gasteiger partial charge in [0.15, 0.2) is 5.69 Å². The zero-order chi connectivity index (χ0) is 14.8. The fraction of sp³-hybridized carbons (Fsp3) is 0.364. The third-order valence-electron chi connectivity index (χ3n) is 2.39. The van der Waals surface area contributed by atoms with Crippen LogP contribution in [0.5, 0.6) is 0 Å². The van der Waals surface area contributed by atoms with Crippen molar-refractivity contribution in [3.63, 3.8) is 0 Å². The van der Waals surface area contributed by atoms with E-state index in [-0.39, 0.29) is 5.82 Å². The number of rotatable bonds is 4. The molecule has 0 aliphatic rings. The van der Waals surface area contributed by atoms with Gasteiger partial charge in [-0.2, -0.15) is 18.2 Å². The summed E-state index contributed by atoms with van der Waals surface area (Å²) in [5.41, 5.74) is 5.10. The molecule has 0 amide bonds. The third kappa shape index (κ3) is 3.80. The van der Waals surface area contributed by atoms with Gasteiger partial charge in [-0.25, -0.2) is 9.97 Å². The van der Waals surface area contributed by atoms with Crippen LogP contribution in [0.1, 0.15) is 16.4 Å². The summed E-state index contributed by atoms with van der Waals surface area (Å²) in [4.78, 5) is 11.1. The van der Waals surface area contributed by atoms with Crippen LogP contribution < -0.4 is 11.1 Å². The van der Waals surface area contributed by atoms with E-state index in [9.17, 15) is 13.2 Å². The van der Waals surface area contributed by atoms with E-state index in [1.165, 1.54) is 11.3 Å². The van der Waals surface area contributed by atoms with Gasteiger partial charge >= 0.3 is 6.18 Å². The number of halogens is 3. The largest absolute Gasteiger partial charge is 0.433 e. The summed E-state index contributed by atoms with van der Waals surface area (Å²) in [5, 5.41) is 5.65. The number of hydrogen-bond donors (Lipinski definition) is 2. The van der Waals surface area contributed by atoms with Gasteiger partial charge in [0.2, 0.25) is 5.95 Å². The van der Waals surface area contributed by atoms with E-state index in [1.54, 1.807) is 0 Å². The molecule has 0 saturated heterocycles. The average molecular weight is 303 g/mol. The van der Waals surface area contributed by atoms with Gasteiger partial charge in [0.05, 0.1) is 10.7 Å². The predicted octanol–water partition coefficient (Wildman–Crippen LogP) is 2.50. The van der Waals surface area contributed by atoms with Gasteiger partial charge < -0.3 is 11.1 Å². The quantitative estimate of drug-likeness (QED) is 0.907. The van der Waals surface area contributed by atoms with E-state index in [0.29, 0.717) is 13.0 Å². The highest BCUT2D eigenvalue weighted by atomic mass is 32.1. The van der Waals surface area contributed by atoms with Gasteiger partial charge in [-0.1, -0.05) is 0 Å². The molecular formula is C11H12F3N5S. The summed E-state index contributed by atoms with van der Waals surface area (Å²) in [5.74, 6) is -0.358. The highest BCUT2D eigenvalue weighted by Crippen LogP contribution is 2.29. The smallest absolute Gasteiger partial charge is 0.370 e. The molecule has 20 heavy (non-hydrogen) atoms. The molecule has 2 aromatic rings. The molecule has 3 N–H and O–H groups in total. The maximum atomic E-state index is 12.6. The van der Waals surface area contributed by atoms with E-state index in [1.807, 2.05) is 12.3 Å². The first kappa shape index (κ1) is 14.5. The number of hydrogen-bond acceptors (Lipinski definition) is 6. The fourth-order valence-corrected chi connectivity index (χ4v) is 2.19. The highest BCUT2D eigenvalue weighted by molar-refractivity contribution is 7.09. The van der Waals surface area contributed by atoms with Crippen LogP contribution in [0, 0.1) is 6.92 Å². The summed E-state index contributed by atoms with van der Waals surface area (Å²) in [7, 11) is 0. The lowest BCUT2D eigenvalue weighted by molar-refractivity contribution is -0.141. The molecule has 0 aliphatic carbocycles. The van der Waals surface area contributed by atoms with Crippen LogP contribution in [-0.2, 0) is 12.6 Å². The van der Waals surface area contributed by atoms with Crippen LogP contribution in [0.15, 0.2) is 11.4 Å². The molecule has 0 aromatic carbocycles. The second-order valence-electron chi connectivity index (χ2n) is 4.03. The van der Waals surface area contributed by atoms with Gasteiger partial charge in [0.25, 0.3) is 0 Å². The minimum atomic E-state index is -4.54. The Morgan fingerprint density at radius 1 is 1.30 bits per heavy atom. The monoisotopic (exact) mass is 303 g/mol. The van der Waals surface area contributed by atoms with Crippen LogP contribution in [0.2, 0.25) is 0 Å². The maximum Gasteiger partial charge on any atom is 0.433 e. The topological polar surface area (TPSA) is 76.7 Å². The number of anilines is 2. The fourth-order valence-electron chi connectivity index (χ4n) is 1.54. The van der Waals surface area contributed by atoms with Crippen molar-refractivity contribution >= 4 is 23.1 Å². The van der Waals surface area contributed by atoms with E-state index in [4.69, 9.17) is 5.73 Å². The Kier molecular flexibility index (Phi) is 4.07. The summed E-state index contributed by atoms with van der Waals surface area (Å²) < 4.78 is 37.7. The van der Waals surface area contributed by atoms with Crippen molar-refractivity contribution in [2.45, 2.75) is 19.5 Å². The molecule has 108 valence electrons. The Balaban J connectivity index is 2.00. The molecular weight excluding hydrogens is 291 g/mol. The van der Waals surface area contributed by atoms with Crippen molar-refractivity contribution < 1.29 is 13.2 Å². The van der Waals surface area contributed by atoms with Gasteiger partial charge in [-0.05, 0) is 6.92 Å². The summed E-state index contributed by atoms with van der Waals surface area (Å²) >= 11 is 1.53. The van der Waals surface area contributed by atoms with E-state index >= 15 is 0 Å². The number of nitrogen functional groups attached to an aromatic ring is 1. The number of nitrogens with two attached hydrogens (primary N) is 1. The van der Waals surface area contributed by atoms with Crippen molar-refractivity contribution in [3.8, 4) is 0 Å². The van der Waals surface area contributed by atoms with Crippen molar-refractivity contribution in [2.24, 2.45) is 0 Å². The van der Waals surface area contributed by atoms with Crippen molar-refractivity contribution in [1.29, 1.82) is 0 Å². The molecule has 0 saturated carbocycles. The minimum absolute atomic E-state index is 0.0526. The highest BCUT2D eigenvalue weighted by Gasteiger charge is 2.33. The molecule has 0 aliphatic heterocycles. The van der Waals surface area contributed by atoms with Crippen molar-refractivity contribution in [2.75, 3.05) is 17.6 Å². The number of aromatic nitrogens is 3. The summed E-state index contributed by atoms with van der Waals surface area (Å²) in [6, 6.07) is 0.836. The molecule has 0 spiro atoms. The lowest BCUT2D eigenvalue weighted by atomic mass is 10.3. The first-order valence-electron chi connectivity index (χ1n) is 5.71. The van der Waals surface area contributed by atoms with Crippen LogP contribution in [0.3, 0.4) is 0 Å². The molecule has 2 heterocycles. The van der Waals surface area contributed by atoms with Gasteiger partial charge in [-0.15, -0.1) is 11.3 Å². The molecule has 0 fully saturated rings. The number of alkyl halides is 3. The number of aryl methyl sites for hydroxylation is 1. The Labute approximate surface area is 117 Å².